The molecule has 0 spiro atoms. The van der Waals surface area contributed by atoms with Gasteiger partial charge < -0.3 is 5.32 Å². The molecule has 0 atom stereocenters. The molecule has 34 heavy (non-hydrogen) atoms. The van der Waals surface area contributed by atoms with Gasteiger partial charge in [0.15, 0.2) is 0 Å². The van der Waals surface area contributed by atoms with Crippen LogP contribution in [0.15, 0.2) is 90.6 Å². The zero-order valence-electron chi connectivity index (χ0n) is 19.6. The van der Waals surface area contributed by atoms with E-state index in [1.165, 1.54) is 10.5 Å². The number of carbonyl (C=O) groups excluding carboxylic acids is 2. The Kier molecular flexibility index (Phi) is 5.50. The van der Waals surface area contributed by atoms with Crippen molar-refractivity contribution in [3.05, 3.63) is 113 Å². The number of fused-ring (bicyclic) bond motifs is 1. The molecule has 5 rings (SSSR count). The maximum atomic E-state index is 13.9. The zero-order chi connectivity index (χ0) is 23.8. The average Bonchev–Trinajstić information content (AvgIpc) is 3.08. The van der Waals surface area contributed by atoms with Crippen molar-refractivity contribution in [1.29, 1.82) is 0 Å². The average molecular weight is 447 g/mol. The lowest BCUT2D eigenvalue weighted by Crippen LogP contribution is -2.32. The van der Waals surface area contributed by atoms with Crippen LogP contribution in [0.3, 0.4) is 0 Å². The highest BCUT2D eigenvalue weighted by molar-refractivity contribution is 6.47. The molecule has 0 saturated carbocycles. The van der Waals surface area contributed by atoms with Gasteiger partial charge in [0.1, 0.15) is 5.70 Å². The number of aryl methyl sites for hydroxylation is 3. The quantitative estimate of drug-likeness (QED) is 0.360. The van der Waals surface area contributed by atoms with Crippen LogP contribution in [0.4, 0.5) is 11.4 Å². The molecule has 0 aromatic heterocycles. The van der Waals surface area contributed by atoms with Gasteiger partial charge in [-0.15, -0.1) is 0 Å². The van der Waals surface area contributed by atoms with Crippen molar-refractivity contribution in [2.75, 3.05) is 10.2 Å². The SMILES string of the molecule is CCc1ccc(NC2=C(c3ccc(C)cc3C)C(=O)N(c3cccc4ccccc34)C2=O)cc1. The Hall–Kier alpha value is -4.18. The largest absolute Gasteiger partial charge is 0.350 e. The molecule has 4 aromatic rings. The second-order valence-electron chi connectivity index (χ2n) is 8.69. The van der Waals surface area contributed by atoms with Gasteiger partial charge in [0.2, 0.25) is 0 Å². The van der Waals surface area contributed by atoms with E-state index < -0.39 is 0 Å². The first-order valence-electron chi connectivity index (χ1n) is 11.5. The second-order valence-corrected chi connectivity index (χ2v) is 8.69. The minimum atomic E-state index is -0.351. The summed E-state index contributed by atoms with van der Waals surface area (Å²) in [5, 5.41) is 5.12. The summed E-state index contributed by atoms with van der Waals surface area (Å²) in [6, 6.07) is 27.4. The Morgan fingerprint density at radius 3 is 2.26 bits per heavy atom. The summed E-state index contributed by atoms with van der Waals surface area (Å²) in [6.07, 6.45) is 0.934. The summed E-state index contributed by atoms with van der Waals surface area (Å²) >= 11 is 0. The lowest BCUT2D eigenvalue weighted by atomic mass is 9.97. The Balaban J connectivity index is 1.66. The van der Waals surface area contributed by atoms with Crippen molar-refractivity contribution in [2.24, 2.45) is 0 Å². The van der Waals surface area contributed by atoms with E-state index >= 15 is 0 Å². The van der Waals surface area contributed by atoms with Crippen molar-refractivity contribution >= 4 is 39.5 Å². The molecule has 0 aliphatic carbocycles. The van der Waals surface area contributed by atoms with Crippen molar-refractivity contribution in [2.45, 2.75) is 27.2 Å². The molecule has 1 N–H and O–H groups in total. The fraction of sp³-hybridized carbons (Fsp3) is 0.133. The molecule has 0 fully saturated rings. The number of hydrogen-bond donors (Lipinski definition) is 1. The van der Waals surface area contributed by atoms with E-state index in [4.69, 9.17) is 0 Å². The van der Waals surface area contributed by atoms with Gasteiger partial charge in [0.25, 0.3) is 11.8 Å². The number of rotatable bonds is 5. The van der Waals surface area contributed by atoms with E-state index in [1.807, 2.05) is 98.8 Å². The number of benzene rings is 4. The van der Waals surface area contributed by atoms with Gasteiger partial charge in [-0.1, -0.05) is 79.2 Å². The van der Waals surface area contributed by atoms with E-state index in [-0.39, 0.29) is 11.8 Å². The topological polar surface area (TPSA) is 49.4 Å². The summed E-state index contributed by atoms with van der Waals surface area (Å²) in [7, 11) is 0. The molecular formula is C30H26N2O2. The molecule has 4 heteroatoms. The van der Waals surface area contributed by atoms with E-state index in [9.17, 15) is 9.59 Å². The summed E-state index contributed by atoms with van der Waals surface area (Å²) < 4.78 is 0. The fourth-order valence-corrected chi connectivity index (χ4v) is 4.58. The maximum Gasteiger partial charge on any atom is 0.282 e. The maximum absolute atomic E-state index is 13.9. The van der Waals surface area contributed by atoms with Crippen LogP contribution in [0.1, 0.15) is 29.2 Å². The number of anilines is 2. The first kappa shape index (κ1) is 21.7. The van der Waals surface area contributed by atoms with Crippen molar-refractivity contribution in [3.8, 4) is 0 Å². The number of imide groups is 1. The third kappa shape index (κ3) is 3.67. The summed E-state index contributed by atoms with van der Waals surface area (Å²) in [6.45, 7) is 6.09. The van der Waals surface area contributed by atoms with Gasteiger partial charge in [-0.2, -0.15) is 0 Å². The molecule has 1 aliphatic heterocycles. The molecular weight excluding hydrogens is 420 g/mol. The third-order valence-electron chi connectivity index (χ3n) is 6.37. The van der Waals surface area contributed by atoms with Gasteiger partial charge >= 0.3 is 0 Å². The molecule has 0 unspecified atom stereocenters. The molecule has 2 amide bonds. The molecule has 1 heterocycles. The normalized spacial score (nSPS) is 13.8. The van der Waals surface area contributed by atoms with E-state index in [0.29, 0.717) is 17.0 Å². The number of carbonyl (C=O) groups is 2. The van der Waals surface area contributed by atoms with Crippen molar-refractivity contribution < 1.29 is 9.59 Å². The lowest BCUT2D eigenvalue weighted by molar-refractivity contribution is -0.120. The molecule has 1 aliphatic rings. The fourth-order valence-electron chi connectivity index (χ4n) is 4.58. The lowest BCUT2D eigenvalue weighted by Gasteiger charge is -2.18. The van der Waals surface area contributed by atoms with Gasteiger partial charge in [0.05, 0.1) is 11.3 Å². The molecule has 4 nitrogen and oxygen atoms in total. The predicted molar refractivity (Wildman–Crippen MR) is 139 cm³/mol. The van der Waals surface area contributed by atoms with Gasteiger partial charge in [-0.25, -0.2) is 4.90 Å². The molecule has 4 aromatic carbocycles. The first-order valence-corrected chi connectivity index (χ1v) is 11.5. The van der Waals surface area contributed by atoms with Gasteiger partial charge in [-0.3, -0.25) is 9.59 Å². The van der Waals surface area contributed by atoms with E-state index in [0.717, 1.165) is 39.6 Å². The molecule has 0 bridgehead atoms. The molecule has 0 saturated heterocycles. The summed E-state index contributed by atoms with van der Waals surface area (Å²) in [4.78, 5) is 29.0. The van der Waals surface area contributed by atoms with Crippen LogP contribution in [-0.4, -0.2) is 11.8 Å². The minimum absolute atomic E-state index is 0.300. The minimum Gasteiger partial charge on any atom is -0.350 e. The number of nitrogens with one attached hydrogen (secondary N) is 1. The number of amides is 2. The molecule has 168 valence electrons. The number of nitrogens with zero attached hydrogens (tertiary/aromatic N) is 1. The van der Waals surface area contributed by atoms with Gasteiger partial charge in [-0.05, 0) is 60.5 Å². The van der Waals surface area contributed by atoms with Gasteiger partial charge in [0, 0.05) is 11.1 Å². The predicted octanol–water partition coefficient (Wildman–Crippen LogP) is 6.42. The second kappa shape index (κ2) is 8.64. The van der Waals surface area contributed by atoms with Crippen LogP contribution in [0.5, 0.6) is 0 Å². The summed E-state index contributed by atoms with van der Waals surface area (Å²) in [5.41, 5.74) is 6.10. The van der Waals surface area contributed by atoms with Crippen LogP contribution < -0.4 is 10.2 Å². The molecule has 0 radical (unpaired) electrons. The summed E-state index contributed by atoms with van der Waals surface area (Å²) in [5.74, 6) is -0.670. The van der Waals surface area contributed by atoms with E-state index in [2.05, 4.69) is 12.2 Å². The Morgan fingerprint density at radius 1 is 0.794 bits per heavy atom. The van der Waals surface area contributed by atoms with Crippen LogP contribution >= 0.6 is 0 Å². The standard InChI is InChI=1S/C30H26N2O2/c1-4-21-13-15-23(16-14-21)31-28-27(24-17-12-19(2)18-20(24)3)29(33)32(30(28)34)26-11-7-9-22-8-5-6-10-25(22)26/h5-18,31H,4H2,1-3H3. The van der Waals surface area contributed by atoms with Crippen LogP contribution in [-0.2, 0) is 16.0 Å². The highest BCUT2D eigenvalue weighted by Crippen LogP contribution is 2.37. The van der Waals surface area contributed by atoms with Crippen LogP contribution in [0, 0.1) is 13.8 Å². The van der Waals surface area contributed by atoms with Crippen molar-refractivity contribution in [1.82, 2.24) is 0 Å². The highest BCUT2D eigenvalue weighted by Gasteiger charge is 2.41. The first-order chi connectivity index (χ1) is 16.5. The smallest absolute Gasteiger partial charge is 0.282 e. The van der Waals surface area contributed by atoms with E-state index in [1.54, 1.807) is 0 Å². The Labute approximate surface area is 199 Å². The zero-order valence-corrected chi connectivity index (χ0v) is 19.6. The number of hydrogen-bond acceptors (Lipinski definition) is 3. The monoisotopic (exact) mass is 446 g/mol. The van der Waals surface area contributed by atoms with Crippen LogP contribution in [0.25, 0.3) is 16.3 Å². The highest BCUT2D eigenvalue weighted by atomic mass is 16.2. The Morgan fingerprint density at radius 2 is 1.53 bits per heavy atom. The van der Waals surface area contributed by atoms with Crippen molar-refractivity contribution in [3.63, 3.8) is 0 Å². The van der Waals surface area contributed by atoms with Crippen LogP contribution in [0.2, 0.25) is 0 Å². The third-order valence-corrected chi connectivity index (χ3v) is 6.37. The Bertz CT molecular complexity index is 1460.